The minimum Gasteiger partial charge on any atom is -0.497 e. The highest BCUT2D eigenvalue weighted by atomic mass is 16.5. The van der Waals surface area contributed by atoms with Crippen LogP contribution in [0.25, 0.3) is 22.1 Å². The third kappa shape index (κ3) is 4.25. The highest BCUT2D eigenvalue weighted by molar-refractivity contribution is 5.93. The molecule has 4 rings (SSSR count). The van der Waals surface area contributed by atoms with Gasteiger partial charge in [-0.1, -0.05) is 12.1 Å². The van der Waals surface area contributed by atoms with Crippen LogP contribution in [0.3, 0.4) is 0 Å². The van der Waals surface area contributed by atoms with E-state index in [-0.39, 0.29) is 5.75 Å². The van der Waals surface area contributed by atoms with Gasteiger partial charge in [-0.05, 0) is 60.5 Å². The Bertz CT molecular complexity index is 1400. The summed E-state index contributed by atoms with van der Waals surface area (Å²) in [6.07, 6.45) is 0. The smallest absolute Gasteiger partial charge is 0.344 e. The third-order valence-electron chi connectivity index (χ3n) is 5.33. The van der Waals surface area contributed by atoms with Gasteiger partial charge in [0, 0.05) is 11.5 Å². The first-order chi connectivity index (χ1) is 15.9. The standard InChI is InChI=1S/C26H22O7/c1-15-20-10-9-19(32-25(27)17-6-5-7-18(12-17)29-2)14-22(20)33-26(28)24(15)16-8-11-21(30-3)23(13-16)31-4/h5-14H,1-4H3. The maximum Gasteiger partial charge on any atom is 0.344 e. The summed E-state index contributed by atoms with van der Waals surface area (Å²) in [7, 11) is 4.60. The van der Waals surface area contributed by atoms with Gasteiger partial charge in [0.25, 0.3) is 0 Å². The molecule has 0 N–H and O–H groups in total. The Morgan fingerprint density at radius 1 is 0.818 bits per heavy atom. The number of ether oxygens (including phenoxy) is 4. The molecule has 0 aliphatic carbocycles. The minimum absolute atomic E-state index is 0.261. The predicted octanol–water partition coefficient (Wildman–Crippen LogP) is 5.01. The average molecular weight is 446 g/mol. The van der Waals surface area contributed by atoms with Gasteiger partial charge in [0.2, 0.25) is 0 Å². The van der Waals surface area contributed by atoms with Crippen LogP contribution in [0.1, 0.15) is 15.9 Å². The van der Waals surface area contributed by atoms with Gasteiger partial charge in [0.15, 0.2) is 11.5 Å². The number of aryl methyl sites for hydroxylation is 1. The van der Waals surface area contributed by atoms with Crippen LogP contribution in [-0.4, -0.2) is 27.3 Å². The van der Waals surface area contributed by atoms with Gasteiger partial charge in [0.05, 0.1) is 32.5 Å². The number of fused-ring (bicyclic) bond motifs is 1. The molecule has 0 aliphatic rings. The molecule has 7 nitrogen and oxygen atoms in total. The first kappa shape index (κ1) is 22.0. The van der Waals surface area contributed by atoms with Gasteiger partial charge in [0.1, 0.15) is 17.1 Å². The van der Waals surface area contributed by atoms with Crippen LogP contribution >= 0.6 is 0 Å². The van der Waals surface area contributed by atoms with E-state index in [0.717, 1.165) is 10.9 Å². The zero-order chi connectivity index (χ0) is 23.5. The molecule has 168 valence electrons. The van der Waals surface area contributed by atoms with Gasteiger partial charge in [-0.2, -0.15) is 0 Å². The van der Waals surface area contributed by atoms with Crippen molar-refractivity contribution in [1.29, 1.82) is 0 Å². The van der Waals surface area contributed by atoms with E-state index in [9.17, 15) is 9.59 Å². The molecular weight excluding hydrogens is 424 g/mol. The Hall–Kier alpha value is -4.26. The first-order valence-corrected chi connectivity index (χ1v) is 10.1. The molecule has 0 saturated heterocycles. The Balaban J connectivity index is 1.70. The number of hydrogen-bond donors (Lipinski definition) is 0. The summed E-state index contributed by atoms with van der Waals surface area (Å²) in [6.45, 7) is 1.84. The summed E-state index contributed by atoms with van der Waals surface area (Å²) in [5.74, 6) is 1.33. The summed E-state index contributed by atoms with van der Waals surface area (Å²) >= 11 is 0. The molecule has 0 unspecified atom stereocenters. The van der Waals surface area contributed by atoms with E-state index in [0.29, 0.717) is 39.5 Å². The van der Waals surface area contributed by atoms with E-state index in [1.807, 2.05) is 6.92 Å². The number of rotatable bonds is 6. The van der Waals surface area contributed by atoms with Crippen molar-refractivity contribution in [3.8, 4) is 34.1 Å². The average Bonchev–Trinajstić information content (AvgIpc) is 2.83. The van der Waals surface area contributed by atoms with Crippen molar-refractivity contribution in [3.63, 3.8) is 0 Å². The Kier molecular flexibility index (Phi) is 6.04. The molecule has 0 amide bonds. The number of carbonyl (C=O) groups excluding carboxylic acids is 1. The largest absolute Gasteiger partial charge is 0.497 e. The van der Waals surface area contributed by atoms with E-state index in [4.69, 9.17) is 23.4 Å². The lowest BCUT2D eigenvalue weighted by atomic mass is 9.99. The minimum atomic E-state index is -0.547. The van der Waals surface area contributed by atoms with Gasteiger partial charge in [-0.15, -0.1) is 0 Å². The number of carbonyl (C=O) groups is 1. The summed E-state index contributed by atoms with van der Waals surface area (Å²) in [5.41, 5.74) is 1.95. The Labute approximate surface area is 190 Å². The zero-order valence-electron chi connectivity index (χ0n) is 18.6. The molecule has 0 spiro atoms. The van der Waals surface area contributed by atoms with Gasteiger partial charge >= 0.3 is 11.6 Å². The highest BCUT2D eigenvalue weighted by Crippen LogP contribution is 2.34. The number of hydrogen-bond acceptors (Lipinski definition) is 7. The molecule has 1 heterocycles. The topological polar surface area (TPSA) is 84.2 Å². The van der Waals surface area contributed by atoms with Crippen molar-refractivity contribution in [2.24, 2.45) is 0 Å². The lowest BCUT2D eigenvalue weighted by Gasteiger charge is -2.12. The molecule has 7 heteroatoms. The zero-order valence-corrected chi connectivity index (χ0v) is 18.6. The monoisotopic (exact) mass is 446 g/mol. The maximum absolute atomic E-state index is 12.9. The van der Waals surface area contributed by atoms with Crippen LogP contribution in [0, 0.1) is 6.92 Å². The molecule has 0 fully saturated rings. The highest BCUT2D eigenvalue weighted by Gasteiger charge is 2.17. The Morgan fingerprint density at radius 2 is 1.61 bits per heavy atom. The van der Waals surface area contributed by atoms with Crippen LogP contribution in [-0.2, 0) is 0 Å². The number of esters is 1. The Morgan fingerprint density at radius 3 is 2.33 bits per heavy atom. The van der Waals surface area contributed by atoms with E-state index in [2.05, 4.69) is 0 Å². The van der Waals surface area contributed by atoms with Crippen molar-refractivity contribution in [1.82, 2.24) is 0 Å². The third-order valence-corrected chi connectivity index (χ3v) is 5.33. The van der Waals surface area contributed by atoms with Gasteiger partial charge < -0.3 is 23.4 Å². The number of benzene rings is 3. The second kappa shape index (κ2) is 9.08. The summed E-state index contributed by atoms with van der Waals surface area (Å²) < 4.78 is 26.8. The van der Waals surface area contributed by atoms with Crippen LogP contribution in [0.4, 0.5) is 0 Å². The molecule has 1 aromatic heterocycles. The lowest BCUT2D eigenvalue weighted by Crippen LogP contribution is -2.09. The van der Waals surface area contributed by atoms with Gasteiger partial charge in [-0.3, -0.25) is 0 Å². The normalized spacial score (nSPS) is 10.7. The van der Waals surface area contributed by atoms with E-state index >= 15 is 0 Å². The quantitative estimate of drug-likeness (QED) is 0.234. The van der Waals surface area contributed by atoms with Crippen molar-refractivity contribution in [2.45, 2.75) is 6.92 Å². The van der Waals surface area contributed by atoms with Crippen LogP contribution in [0.2, 0.25) is 0 Å². The SMILES string of the molecule is COc1cccc(C(=O)Oc2ccc3c(C)c(-c4ccc(OC)c(OC)c4)c(=O)oc3c2)c1. The molecule has 33 heavy (non-hydrogen) atoms. The molecule has 0 atom stereocenters. The van der Waals surface area contributed by atoms with Crippen molar-refractivity contribution < 1.29 is 28.2 Å². The molecule has 0 aliphatic heterocycles. The lowest BCUT2D eigenvalue weighted by molar-refractivity contribution is 0.0734. The maximum atomic E-state index is 12.9. The fraction of sp³-hybridized carbons (Fsp3) is 0.154. The molecule has 4 aromatic rings. The van der Waals surface area contributed by atoms with Crippen molar-refractivity contribution in [3.05, 3.63) is 82.2 Å². The second-order valence-electron chi connectivity index (χ2n) is 7.24. The predicted molar refractivity (Wildman–Crippen MR) is 124 cm³/mol. The van der Waals surface area contributed by atoms with Crippen molar-refractivity contribution >= 4 is 16.9 Å². The molecular formula is C26H22O7. The van der Waals surface area contributed by atoms with Gasteiger partial charge in [-0.25, -0.2) is 9.59 Å². The van der Waals surface area contributed by atoms with E-state index in [1.165, 1.54) is 20.3 Å². The fourth-order valence-electron chi connectivity index (χ4n) is 3.64. The summed E-state index contributed by atoms with van der Waals surface area (Å²) in [6, 6.07) is 16.8. The fourth-order valence-corrected chi connectivity index (χ4v) is 3.64. The van der Waals surface area contributed by atoms with Crippen molar-refractivity contribution in [2.75, 3.05) is 21.3 Å². The molecule has 0 saturated carbocycles. The second-order valence-corrected chi connectivity index (χ2v) is 7.24. The van der Waals surface area contributed by atoms with E-state index in [1.54, 1.807) is 61.7 Å². The molecule has 3 aromatic carbocycles. The van der Waals surface area contributed by atoms with E-state index < -0.39 is 11.6 Å². The molecule has 0 radical (unpaired) electrons. The number of methoxy groups -OCH3 is 3. The summed E-state index contributed by atoms with van der Waals surface area (Å²) in [5, 5.41) is 0.723. The van der Waals surface area contributed by atoms with Crippen LogP contribution in [0.15, 0.2) is 69.9 Å². The van der Waals surface area contributed by atoms with Crippen LogP contribution < -0.4 is 24.6 Å². The summed E-state index contributed by atoms with van der Waals surface area (Å²) in [4.78, 5) is 25.4. The van der Waals surface area contributed by atoms with Crippen LogP contribution in [0.5, 0.6) is 23.0 Å². The first-order valence-electron chi connectivity index (χ1n) is 10.1. The molecule has 0 bridgehead atoms.